The number of rotatable bonds is 6. The molecule has 0 spiro atoms. The van der Waals surface area contributed by atoms with Gasteiger partial charge in [-0.1, -0.05) is 13.8 Å². The molecule has 106 valence electrons. The maximum absolute atomic E-state index is 12.0. The van der Waals surface area contributed by atoms with Gasteiger partial charge in [0.15, 0.2) is 0 Å². The van der Waals surface area contributed by atoms with Crippen molar-refractivity contribution in [1.29, 1.82) is 0 Å². The molecule has 1 aliphatic heterocycles. The van der Waals surface area contributed by atoms with Gasteiger partial charge >= 0.3 is 0 Å². The second-order valence-corrected chi connectivity index (χ2v) is 7.58. The van der Waals surface area contributed by atoms with E-state index >= 15 is 0 Å². The molecule has 1 saturated heterocycles. The highest BCUT2D eigenvalue weighted by molar-refractivity contribution is 8.00. The number of aliphatic hydroxyl groups excluding tert-OH is 1. The average molecular weight is 299 g/mol. The largest absolute Gasteiger partial charge is 0.396 e. The Bertz CT molecular complexity index is 417. The Balaban J connectivity index is 1.92. The van der Waals surface area contributed by atoms with E-state index in [0.717, 1.165) is 19.4 Å². The molecular weight excluding hydrogens is 278 g/mol. The predicted molar refractivity (Wildman–Crippen MR) is 81.3 cm³/mol. The van der Waals surface area contributed by atoms with E-state index in [1.807, 2.05) is 4.90 Å². The van der Waals surface area contributed by atoms with E-state index in [0.29, 0.717) is 5.75 Å². The Labute approximate surface area is 123 Å². The first-order valence-electron chi connectivity index (χ1n) is 6.57. The van der Waals surface area contributed by atoms with Crippen molar-refractivity contribution in [2.24, 2.45) is 5.41 Å². The molecule has 0 aliphatic carbocycles. The molecule has 3 nitrogen and oxygen atoms in total. The van der Waals surface area contributed by atoms with Crippen molar-refractivity contribution in [2.75, 3.05) is 18.9 Å². The maximum atomic E-state index is 12.0. The molecule has 0 aromatic carbocycles. The fraction of sp³-hybridized carbons (Fsp3) is 0.643. The van der Waals surface area contributed by atoms with Crippen LogP contribution in [0.2, 0.25) is 0 Å². The lowest BCUT2D eigenvalue weighted by atomic mass is 9.89. The number of thioether (sulfide) groups is 1. The molecule has 1 amide bonds. The van der Waals surface area contributed by atoms with Gasteiger partial charge in [-0.3, -0.25) is 4.79 Å². The first-order chi connectivity index (χ1) is 9.03. The van der Waals surface area contributed by atoms with Crippen molar-refractivity contribution in [3.05, 3.63) is 22.4 Å². The summed E-state index contributed by atoms with van der Waals surface area (Å²) < 4.78 is 0. The summed E-state index contributed by atoms with van der Waals surface area (Å²) in [7, 11) is 0. The van der Waals surface area contributed by atoms with Crippen LogP contribution >= 0.6 is 23.1 Å². The van der Waals surface area contributed by atoms with Crippen LogP contribution in [0.3, 0.4) is 0 Å². The highest BCUT2D eigenvalue weighted by Gasteiger charge is 2.32. The molecule has 5 heteroatoms. The molecule has 2 rings (SSSR count). The lowest BCUT2D eigenvalue weighted by Crippen LogP contribution is -2.30. The molecule has 1 N–H and O–H groups in total. The number of aliphatic hydroxyl groups is 1. The fourth-order valence-electron chi connectivity index (χ4n) is 2.19. The molecule has 1 aromatic rings. The number of amides is 1. The quantitative estimate of drug-likeness (QED) is 0.877. The summed E-state index contributed by atoms with van der Waals surface area (Å²) in [6.45, 7) is 5.10. The van der Waals surface area contributed by atoms with Crippen molar-refractivity contribution < 1.29 is 9.90 Å². The van der Waals surface area contributed by atoms with Crippen molar-refractivity contribution in [2.45, 2.75) is 32.1 Å². The second kappa shape index (κ2) is 6.29. The highest BCUT2D eigenvalue weighted by atomic mass is 32.2. The third-order valence-corrected chi connectivity index (χ3v) is 5.43. The van der Waals surface area contributed by atoms with Crippen LogP contribution in [0.5, 0.6) is 0 Å². The number of carbonyl (C=O) groups excluding carboxylic acids is 1. The monoisotopic (exact) mass is 299 g/mol. The molecule has 1 aliphatic rings. The fourth-order valence-corrected chi connectivity index (χ4v) is 4.17. The summed E-state index contributed by atoms with van der Waals surface area (Å²) in [4.78, 5) is 14.0. The molecule has 1 unspecified atom stereocenters. The number of nitrogens with zero attached hydrogens (tertiary/aromatic N) is 1. The summed E-state index contributed by atoms with van der Waals surface area (Å²) in [6.07, 6.45) is 1.88. The topological polar surface area (TPSA) is 40.5 Å². The Hall–Kier alpha value is -0.520. The lowest BCUT2D eigenvalue weighted by molar-refractivity contribution is -0.128. The molecule has 0 saturated carbocycles. The lowest BCUT2D eigenvalue weighted by Gasteiger charge is -2.26. The zero-order chi connectivity index (χ0) is 13.9. The predicted octanol–water partition coefficient (Wildman–Crippen LogP) is 3.12. The number of thiophene rings is 1. The van der Waals surface area contributed by atoms with Gasteiger partial charge in [-0.2, -0.15) is 11.3 Å². The van der Waals surface area contributed by atoms with Crippen LogP contribution < -0.4 is 0 Å². The van der Waals surface area contributed by atoms with Gasteiger partial charge in [0.05, 0.1) is 5.75 Å². The molecule has 1 atom stereocenters. The Morgan fingerprint density at radius 3 is 2.95 bits per heavy atom. The Morgan fingerprint density at radius 1 is 1.53 bits per heavy atom. The summed E-state index contributed by atoms with van der Waals surface area (Å²) in [5.41, 5.74) is 1.19. The average Bonchev–Trinajstić information content (AvgIpc) is 3.00. The molecule has 0 radical (unpaired) electrons. The first kappa shape index (κ1) is 14.9. The number of carbonyl (C=O) groups is 1. The van der Waals surface area contributed by atoms with Crippen molar-refractivity contribution in [3.8, 4) is 0 Å². The van der Waals surface area contributed by atoms with Gasteiger partial charge in [0.2, 0.25) is 5.91 Å². The molecule has 2 heterocycles. The molecule has 1 fully saturated rings. The van der Waals surface area contributed by atoms with Gasteiger partial charge in [0.1, 0.15) is 5.37 Å². The van der Waals surface area contributed by atoms with Crippen LogP contribution in [-0.4, -0.2) is 34.8 Å². The van der Waals surface area contributed by atoms with Gasteiger partial charge in [-0.25, -0.2) is 0 Å². The van der Waals surface area contributed by atoms with Gasteiger partial charge in [0, 0.05) is 13.2 Å². The molecule has 1 aromatic heterocycles. The first-order valence-corrected chi connectivity index (χ1v) is 8.57. The zero-order valence-corrected chi connectivity index (χ0v) is 13.1. The van der Waals surface area contributed by atoms with E-state index in [2.05, 4.69) is 30.7 Å². The highest BCUT2D eigenvalue weighted by Crippen LogP contribution is 2.39. The van der Waals surface area contributed by atoms with E-state index in [-0.39, 0.29) is 23.3 Å². The number of hydrogen-bond acceptors (Lipinski definition) is 4. The van der Waals surface area contributed by atoms with Gasteiger partial charge in [-0.15, -0.1) is 11.8 Å². The molecule has 19 heavy (non-hydrogen) atoms. The molecular formula is C14H21NO2S2. The van der Waals surface area contributed by atoms with E-state index in [4.69, 9.17) is 0 Å². The van der Waals surface area contributed by atoms with Crippen molar-refractivity contribution in [1.82, 2.24) is 4.90 Å². The van der Waals surface area contributed by atoms with Gasteiger partial charge < -0.3 is 10.0 Å². The van der Waals surface area contributed by atoms with Crippen molar-refractivity contribution in [3.63, 3.8) is 0 Å². The van der Waals surface area contributed by atoms with Crippen LogP contribution in [0.1, 0.15) is 37.6 Å². The third kappa shape index (κ3) is 3.74. The van der Waals surface area contributed by atoms with E-state index < -0.39 is 0 Å². The van der Waals surface area contributed by atoms with E-state index in [1.54, 1.807) is 23.1 Å². The van der Waals surface area contributed by atoms with E-state index in [9.17, 15) is 9.90 Å². The Morgan fingerprint density at radius 2 is 2.32 bits per heavy atom. The summed E-state index contributed by atoms with van der Waals surface area (Å²) in [6, 6.07) is 2.10. The van der Waals surface area contributed by atoms with Crippen LogP contribution in [0.15, 0.2) is 16.8 Å². The third-order valence-electron chi connectivity index (χ3n) is 3.48. The van der Waals surface area contributed by atoms with E-state index in [1.165, 1.54) is 5.56 Å². The van der Waals surface area contributed by atoms with Crippen LogP contribution in [0, 0.1) is 5.41 Å². The SMILES string of the molecule is CC(C)(CO)CCCN1C(=O)CSC1c1ccsc1. The molecule has 0 bridgehead atoms. The van der Waals surface area contributed by atoms with Gasteiger partial charge in [0.25, 0.3) is 0 Å². The summed E-state index contributed by atoms with van der Waals surface area (Å²) >= 11 is 3.39. The van der Waals surface area contributed by atoms with Crippen LogP contribution in [-0.2, 0) is 4.79 Å². The zero-order valence-electron chi connectivity index (χ0n) is 11.5. The standard InChI is InChI=1S/C14H21NO2S2/c1-14(2,10-16)5-3-6-15-12(17)9-19-13(15)11-4-7-18-8-11/h4,7-8,13,16H,3,5-6,9-10H2,1-2H3. The van der Waals surface area contributed by atoms with Crippen LogP contribution in [0.4, 0.5) is 0 Å². The summed E-state index contributed by atoms with van der Waals surface area (Å²) in [5, 5.41) is 13.6. The number of hydrogen-bond donors (Lipinski definition) is 1. The smallest absolute Gasteiger partial charge is 0.233 e. The minimum Gasteiger partial charge on any atom is -0.396 e. The summed E-state index contributed by atoms with van der Waals surface area (Å²) in [5.74, 6) is 0.826. The minimum absolute atomic E-state index is 0.0478. The van der Waals surface area contributed by atoms with Gasteiger partial charge in [-0.05, 0) is 40.6 Å². The van der Waals surface area contributed by atoms with Crippen LogP contribution in [0.25, 0.3) is 0 Å². The minimum atomic E-state index is -0.0478. The Kier molecular flexibility index (Phi) is 4.92. The maximum Gasteiger partial charge on any atom is 0.233 e. The second-order valence-electron chi connectivity index (χ2n) is 5.73. The normalized spacial score (nSPS) is 20.3. The van der Waals surface area contributed by atoms with Crippen molar-refractivity contribution >= 4 is 29.0 Å².